The number of hydrogen-bond donors (Lipinski definition) is 2. The van der Waals surface area contributed by atoms with Gasteiger partial charge in [-0.2, -0.15) is 0 Å². The van der Waals surface area contributed by atoms with Crippen molar-refractivity contribution in [1.29, 1.82) is 0 Å². The van der Waals surface area contributed by atoms with E-state index in [2.05, 4.69) is 10.6 Å². The maximum atomic E-state index is 11.6. The minimum Gasteiger partial charge on any atom is -0.336 e. The van der Waals surface area contributed by atoms with Crippen molar-refractivity contribution in [3.05, 3.63) is 0 Å². The first-order valence-corrected chi connectivity index (χ1v) is 4.82. The zero-order valence-corrected chi connectivity index (χ0v) is 9.03. The summed E-state index contributed by atoms with van der Waals surface area (Å²) < 4.78 is 0. The quantitative estimate of drug-likeness (QED) is 0.574. The second kappa shape index (κ2) is 4.29. The second-order valence-corrected chi connectivity index (χ2v) is 3.82. The fourth-order valence-electron chi connectivity index (χ4n) is 1.29. The van der Waals surface area contributed by atoms with Crippen molar-refractivity contribution >= 4 is 17.8 Å². The van der Waals surface area contributed by atoms with E-state index in [-0.39, 0.29) is 18.6 Å². The van der Waals surface area contributed by atoms with Gasteiger partial charge in [0.1, 0.15) is 12.6 Å². The minimum absolute atomic E-state index is 0.0233. The van der Waals surface area contributed by atoms with E-state index >= 15 is 0 Å². The van der Waals surface area contributed by atoms with Gasteiger partial charge in [-0.25, -0.2) is 4.79 Å². The number of amides is 4. The van der Waals surface area contributed by atoms with Crippen molar-refractivity contribution < 1.29 is 14.4 Å². The summed E-state index contributed by atoms with van der Waals surface area (Å²) in [5.74, 6) is -0.887. The van der Waals surface area contributed by atoms with E-state index in [1.54, 1.807) is 6.92 Å². The molecule has 4 amide bonds. The number of imide groups is 1. The maximum Gasteiger partial charge on any atom is 0.318 e. The van der Waals surface area contributed by atoms with Crippen molar-refractivity contribution in [1.82, 2.24) is 15.5 Å². The Hall–Kier alpha value is -1.59. The Kier molecular flexibility index (Phi) is 3.28. The van der Waals surface area contributed by atoms with Crippen LogP contribution in [-0.4, -0.2) is 41.4 Å². The number of rotatable bonds is 1. The van der Waals surface area contributed by atoms with Gasteiger partial charge in [-0.05, 0) is 20.8 Å². The molecular formula is C9H15N3O3. The van der Waals surface area contributed by atoms with E-state index in [0.29, 0.717) is 0 Å². The smallest absolute Gasteiger partial charge is 0.318 e. The average molecular weight is 213 g/mol. The molecule has 0 aromatic carbocycles. The Bertz CT molecular complexity index is 301. The zero-order chi connectivity index (χ0) is 11.6. The van der Waals surface area contributed by atoms with Crippen LogP contribution in [0, 0.1) is 0 Å². The molecule has 0 bridgehead atoms. The monoisotopic (exact) mass is 213 g/mol. The summed E-state index contributed by atoms with van der Waals surface area (Å²) in [5, 5.41) is 4.81. The number of carbonyl (C=O) groups excluding carboxylic acids is 3. The molecule has 1 aliphatic heterocycles. The highest BCUT2D eigenvalue weighted by Gasteiger charge is 2.33. The van der Waals surface area contributed by atoms with E-state index in [1.807, 2.05) is 13.8 Å². The third-order valence-corrected chi connectivity index (χ3v) is 2.10. The molecule has 6 nitrogen and oxygen atoms in total. The molecule has 1 aliphatic rings. The number of urea groups is 1. The molecule has 2 N–H and O–H groups in total. The third kappa shape index (κ3) is 2.68. The summed E-state index contributed by atoms with van der Waals surface area (Å²) in [7, 11) is 0. The van der Waals surface area contributed by atoms with E-state index in [9.17, 15) is 14.4 Å². The predicted molar refractivity (Wildman–Crippen MR) is 53.0 cm³/mol. The van der Waals surface area contributed by atoms with Crippen LogP contribution in [0.5, 0.6) is 0 Å². The molecule has 0 aromatic rings. The topological polar surface area (TPSA) is 78.5 Å². The first kappa shape index (κ1) is 11.5. The van der Waals surface area contributed by atoms with Crippen LogP contribution < -0.4 is 10.6 Å². The Morgan fingerprint density at radius 3 is 2.67 bits per heavy atom. The van der Waals surface area contributed by atoms with Gasteiger partial charge in [-0.3, -0.25) is 14.9 Å². The number of piperazine rings is 1. The predicted octanol–water partition coefficient (Wildman–Crippen LogP) is -0.549. The van der Waals surface area contributed by atoms with Gasteiger partial charge in [0.15, 0.2) is 0 Å². The van der Waals surface area contributed by atoms with E-state index in [0.717, 1.165) is 0 Å². The molecule has 84 valence electrons. The van der Waals surface area contributed by atoms with Gasteiger partial charge in [0, 0.05) is 6.04 Å². The lowest BCUT2D eigenvalue weighted by Crippen LogP contribution is -2.61. The summed E-state index contributed by atoms with van der Waals surface area (Å²) in [4.78, 5) is 35.1. The van der Waals surface area contributed by atoms with Gasteiger partial charge in [-0.15, -0.1) is 0 Å². The molecule has 6 heteroatoms. The van der Waals surface area contributed by atoms with E-state index in [4.69, 9.17) is 0 Å². The Morgan fingerprint density at radius 2 is 2.13 bits per heavy atom. The van der Waals surface area contributed by atoms with Crippen molar-refractivity contribution in [3.63, 3.8) is 0 Å². The SMILES string of the molecule is CC(C)NC(=O)N1CC(=O)NC(=O)C1C. The van der Waals surface area contributed by atoms with Gasteiger partial charge in [0.25, 0.3) is 0 Å². The van der Waals surface area contributed by atoms with Gasteiger partial charge in [0.05, 0.1) is 0 Å². The zero-order valence-electron chi connectivity index (χ0n) is 9.03. The van der Waals surface area contributed by atoms with Crippen LogP contribution in [0.4, 0.5) is 4.79 Å². The molecule has 1 rings (SSSR count). The van der Waals surface area contributed by atoms with E-state index < -0.39 is 17.9 Å². The third-order valence-electron chi connectivity index (χ3n) is 2.10. The number of nitrogens with one attached hydrogen (secondary N) is 2. The molecule has 1 fully saturated rings. The van der Waals surface area contributed by atoms with Crippen LogP contribution in [0.2, 0.25) is 0 Å². The van der Waals surface area contributed by atoms with Crippen LogP contribution in [0.15, 0.2) is 0 Å². The lowest BCUT2D eigenvalue weighted by atomic mass is 10.2. The maximum absolute atomic E-state index is 11.6. The summed E-state index contributed by atoms with van der Waals surface area (Å²) in [6.45, 7) is 5.13. The highest BCUT2D eigenvalue weighted by atomic mass is 16.2. The van der Waals surface area contributed by atoms with E-state index in [1.165, 1.54) is 4.90 Å². The Balaban J connectivity index is 2.70. The lowest BCUT2D eigenvalue weighted by molar-refractivity contribution is -0.137. The van der Waals surface area contributed by atoms with Crippen molar-refractivity contribution in [2.75, 3.05) is 6.54 Å². The van der Waals surface area contributed by atoms with Crippen molar-refractivity contribution in [2.45, 2.75) is 32.9 Å². The van der Waals surface area contributed by atoms with Crippen LogP contribution >= 0.6 is 0 Å². The normalized spacial score (nSPS) is 21.6. The summed E-state index contributed by atoms with van der Waals surface area (Å²) in [6, 6.07) is -1.02. The molecular weight excluding hydrogens is 198 g/mol. The summed E-state index contributed by atoms with van der Waals surface area (Å²) in [5.41, 5.74) is 0. The largest absolute Gasteiger partial charge is 0.336 e. The number of nitrogens with zero attached hydrogens (tertiary/aromatic N) is 1. The summed E-state index contributed by atoms with van der Waals surface area (Å²) in [6.07, 6.45) is 0. The Labute approximate surface area is 88.0 Å². The lowest BCUT2D eigenvalue weighted by Gasteiger charge is -2.32. The molecule has 0 aromatic heterocycles. The highest BCUT2D eigenvalue weighted by Crippen LogP contribution is 2.04. The molecule has 1 unspecified atom stereocenters. The molecule has 0 aliphatic carbocycles. The first-order chi connectivity index (χ1) is 6.91. The van der Waals surface area contributed by atoms with Crippen LogP contribution in [0.1, 0.15) is 20.8 Å². The Morgan fingerprint density at radius 1 is 1.53 bits per heavy atom. The van der Waals surface area contributed by atoms with Crippen LogP contribution in [-0.2, 0) is 9.59 Å². The van der Waals surface area contributed by atoms with Gasteiger partial charge >= 0.3 is 6.03 Å². The molecule has 1 heterocycles. The number of carbonyl (C=O) groups is 3. The summed E-state index contributed by atoms with van der Waals surface area (Å²) >= 11 is 0. The van der Waals surface area contributed by atoms with Gasteiger partial charge in [0.2, 0.25) is 11.8 Å². The second-order valence-electron chi connectivity index (χ2n) is 3.82. The van der Waals surface area contributed by atoms with Crippen LogP contribution in [0.3, 0.4) is 0 Å². The average Bonchev–Trinajstić information content (AvgIpc) is 2.09. The fraction of sp³-hybridized carbons (Fsp3) is 0.667. The first-order valence-electron chi connectivity index (χ1n) is 4.82. The molecule has 1 atom stereocenters. The molecule has 0 spiro atoms. The minimum atomic E-state index is -0.610. The molecule has 0 radical (unpaired) electrons. The van der Waals surface area contributed by atoms with Crippen molar-refractivity contribution in [2.24, 2.45) is 0 Å². The molecule has 15 heavy (non-hydrogen) atoms. The van der Waals surface area contributed by atoms with Gasteiger partial charge < -0.3 is 10.2 Å². The van der Waals surface area contributed by atoms with Gasteiger partial charge in [-0.1, -0.05) is 0 Å². The van der Waals surface area contributed by atoms with Crippen molar-refractivity contribution in [3.8, 4) is 0 Å². The molecule has 1 saturated heterocycles. The number of hydrogen-bond acceptors (Lipinski definition) is 3. The standard InChI is InChI=1S/C9H15N3O3/c1-5(2)10-9(15)12-4-7(13)11-8(14)6(12)3/h5-6H,4H2,1-3H3,(H,10,15)(H,11,13,14). The van der Waals surface area contributed by atoms with Crippen LogP contribution in [0.25, 0.3) is 0 Å². The molecule has 0 saturated carbocycles. The highest BCUT2D eigenvalue weighted by molar-refractivity contribution is 6.03. The fourth-order valence-corrected chi connectivity index (χ4v) is 1.29.